The normalized spacial score (nSPS) is 11.5. The highest BCUT2D eigenvalue weighted by Crippen LogP contribution is 2.15. The topological polar surface area (TPSA) is 76.7 Å². The summed E-state index contributed by atoms with van der Waals surface area (Å²) in [6.45, 7) is 22.8. The number of hydrogen-bond donors (Lipinski definition) is 2. The minimum absolute atomic E-state index is 0.293. The van der Waals surface area contributed by atoms with Crippen LogP contribution in [-0.4, -0.2) is 50.8 Å². The molecule has 0 bridgehead atoms. The summed E-state index contributed by atoms with van der Waals surface area (Å²) in [7, 11) is 0. The van der Waals surface area contributed by atoms with E-state index in [2.05, 4.69) is 51.5 Å². The third-order valence-electron chi connectivity index (χ3n) is 7.52. The lowest BCUT2D eigenvalue weighted by atomic mass is 9.97. The number of ether oxygens (including phenoxy) is 2. The molecule has 0 spiro atoms. The number of rotatable bonds is 28. The minimum Gasteiger partial charge on any atom is -0.461 e. The molecule has 0 aliphatic carbocycles. The van der Waals surface area contributed by atoms with Crippen molar-refractivity contribution in [3.05, 3.63) is 24.3 Å². The number of carbonyl (C=O) groups is 2. The number of carbonyl (C=O) groups excluding carboxylic acids is 2. The Hall–Kier alpha value is -1.66. The highest BCUT2D eigenvalue weighted by atomic mass is 16.5. The van der Waals surface area contributed by atoms with Gasteiger partial charge in [0.25, 0.3) is 0 Å². The van der Waals surface area contributed by atoms with Crippen molar-refractivity contribution in [2.24, 2.45) is 5.92 Å². The van der Waals surface area contributed by atoms with Gasteiger partial charge in [0.1, 0.15) is 13.2 Å². The maximum atomic E-state index is 11.2. The Morgan fingerprint density at radius 2 is 1.07 bits per heavy atom. The van der Waals surface area contributed by atoms with Crippen LogP contribution in [0.15, 0.2) is 24.3 Å². The van der Waals surface area contributed by atoms with E-state index in [1.165, 1.54) is 109 Å². The molecule has 0 aromatic heterocycles. The first kappa shape index (κ1) is 42.5. The first-order valence-corrected chi connectivity index (χ1v) is 17.3. The van der Waals surface area contributed by atoms with Gasteiger partial charge in [0.05, 0.1) is 0 Å². The molecule has 6 nitrogen and oxygen atoms in total. The highest BCUT2D eigenvalue weighted by Gasteiger charge is 2.08. The van der Waals surface area contributed by atoms with Crippen LogP contribution in [0.2, 0.25) is 0 Å². The lowest BCUT2D eigenvalue weighted by Gasteiger charge is -2.18. The van der Waals surface area contributed by atoms with Crippen molar-refractivity contribution in [2.45, 2.75) is 157 Å². The molecule has 0 rings (SSSR count). The van der Waals surface area contributed by atoms with Crippen molar-refractivity contribution in [2.75, 3.05) is 32.8 Å². The molecule has 0 heterocycles. The van der Waals surface area contributed by atoms with E-state index < -0.39 is 0 Å². The van der Waals surface area contributed by atoms with Crippen molar-refractivity contribution in [1.29, 1.82) is 0 Å². The fraction of sp³-hybridized carbons (Fsp3) is 0.833. The van der Waals surface area contributed by atoms with E-state index in [1.54, 1.807) is 13.8 Å². The van der Waals surface area contributed by atoms with Gasteiger partial charge in [0.2, 0.25) is 0 Å². The molecular formula is C36H70N2O4. The molecular weight excluding hydrogens is 524 g/mol. The van der Waals surface area contributed by atoms with Crippen molar-refractivity contribution >= 4 is 11.9 Å². The molecule has 0 fully saturated rings. The SMILES string of the molecule is C=C(C)C(=O)OCCNC(CCCC)CCCC.C=C(C)C(=O)OCCNCC(CC)CCCCCCCCCCC. The second-order valence-electron chi connectivity index (χ2n) is 11.9. The summed E-state index contributed by atoms with van der Waals surface area (Å²) in [5.74, 6) is 0.153. The summed E-state index contributed by atoms with van der Waals surface area (Å²) < 4.78 is 10.1. The second-order valence-corrected chi connectivity index (χ2v) is 11.9. The van der Waals surface area contributed by atoms with Crippen LogP contribution >= 0.6 is 0 Å². The molecule has 0 saturated carbocycles. The Morgan fingerprint density at radius 3 is 1.52 bits per heavy atom. The molecule has 0 saturated heterocycles. The van der Waals surface area contributed by atoms with E-state index in [1.807, 2.05) is 0 Å². The fourth-order valence-corrected chi connectivity index (χ4v) is 4.62. The summed E-state index contributed by atoms with van der Waals surface area (Å²) >= 11 is 0. The molecule has 1 unspecified atom stereocenters. The maximum absolute atomic E-state index is 11.2. The summed E-state index contributed by atoms with van der Waals surface area (Å²) in [4.78, 5) is 22.4. The van der Waals surface area contributed by atoms with Crippen LogP contribution in [0, 0.1) is 5.92 Å². The van der Waals surface area contributed by atoms with Crippen molar-refractivity contribution in [3.8, 4) is 0 Å². The van der Waals surface area contributed by atoms with Gasteiger partial charge in [0.15, 0.2) is 0 Å². The van der Waals surface area contributed by atoms with Gasteiger partial charge in [-0.25, -0.2) is 9.59 Å². The van der Waals surface area contributed by atoms with E-state index >= 15 is 0 Å². The zero-order chi connectivity index (χ0) is 31.8. The third-order valence-corrected chi connectivity index (χ3v) is 7.52. The lowest BCUT2D eigenvalue weighted by Crippen LogP contribution is -2.32. The summed E-state index contributed by atoms with van der Waals surface area (Å²) in [5.41, 5.74) is 0.926. The van der Waals surface area contributed by atoms with Crippen molar-refractivity contribution in [1.82, 2.24) is 10.6 Å². The molecule has 0 aliphatic heterocycles. The Kier molecular flexibility index (Phi) is 32.6. The van der Waals surface area contributed by atoms with Crippen LogP contribution in [0.1, 0.15) is 151 Å². The fourth-order valence-electron chi connectivity index (χ4n) is 4.62. The van der Waals surface area contributed by atoms with Gasteiger partial charge in [-0.2, -0.15) is 0 Å². The Bertz CT molecular complexity index is 657. The quantitative estimate of drug-likeness (QED) is 0.0534. The second kappa shape index (κ2) is 32.3. The molecule has 0 amide bonds. The van der Waals surface area contributed by atoms with Gasteiger partial charge in [-0.1, -0.05) is 131 Å². The first-order valence-electron chi connectivity index (χ1n) is 17.3. The average Bonchev–Trinajstić information content (AvgIpc) is 2.97. The highest BCUT2D eigenvalue weighted by molar-refractivity contribution is 5.87. The van der Waals surface area contributed by atoms with Gasteiger partial charge in [-0.05, 0) is 45.6 Å². The number of unbranched alkanes of at least 4 members (excludes halogenated alkanes) is 10. The lowest BCUT2D eigenvalue weighted by molar-refractivity contribution is -0.139. The Morgan fingerprint density at radius 1 is 0.619 bits per heavy atom. The largest absolute Gasteiger partial charge is 0.461 e. The number of hydrogen-bond acceptors (Lipinski definition) is 6. The van der Waals surface area contributed by atoms with Crippen molar-refractivity contribution < 1.29 is 19.1 Å². The van der Waals surface area contributed by atoms with Crippen LogP contribution in [0.3, 0.4) is 0 Å². The van der Waals surface area contributed by atoms with Gasteiger partial charge in [-0.3, -0.25) is 0 Å². The zero-order valence-electron chi connectivity index (χ0n) is 28.8. The van der Waals surface area contributed by atoms with E-state index in [9.17, 15) is 9.59 Å². The summed E-state index contributed by atoms with van der Waals surface area (Å²) in [6, 6.07) is 0.563. The summed E-state index contributed by atoms with van der Waals surface area (Å²) in [6.07, 6.45) is 22.5. The van der Waals surface area contributed by atoms with Gasteiger partial charge < -0.3 is 20.1 Å². The Labute approximate surface area is 261 Å². The van der Waals surface area contributed by atoms with Crippen LogP contribution in [-0.2, 0) is 19.1 Å². The molecule has 1 atom stereocenters. The third kappa shape index (κ3) is 29.8. The summed E-state index contributed by atoms with van der Waals surface area (Å²) in [5, 5.41) is 6.88. The van der Waals surface area contributed by atoms with E-state index in [0.29, 0.717) is 30.4 Å². The molecule has 0 aromatic rings. The van der Waals surface area contributed by atoms with Crippen LogP contribution < -0.4 is 10.6 Å². The first-order chi connectivity index (χ1) is 20.2. The molecule has 42 heavy (non-hydrogen) atoms. The van der Waals surface area contributed by atoms with E-state index in [-0.39, 0.29) is 11.9 Å². The van der Waals surface area contributed by atoms with Crippen LogP contribution in [0.5, 0.6) is 0 Å². The molecule has 248 valence electrons. The minimum atomic E-state index is -0.296. The molecule has 6 heteroatoms. The van der Waals surface area contributed by atoms with Gasteiger partial charge in [-0.15, -0.1) is 0 Å². The van der Waals surface area contributed by atoms with E-state index in [0.717, 1.165) is 25.6 Å². The standard InChI is InChI=1S/C21H41NO2.C15H29NO2/c1-5-7-8-9-10-11-12-13-14-15-20(6-2)18-22-16-17-24-21(23)19(3)4;1-5-7-9-14(10-8-6-2)16-11-12-18-15(17)13(3)4/h20,22H,3,5-18H2,1-2,4H3;14,16H,3,5-12H2,1-2,4H3. The monoisotopic (exact) mass is 595 g/mol. The van der Waals surface area contributed by atoms with Gasteiger partial charge >= 0.3 is 11.9 Å². The number of nitrogens with one attached hydrogen (secondary N) is 2. The smallest absolute Gasteiger partial charge is 0.333 e. The molecule has 2 N–H and O–H groups in total. The van der Waals surface area contributed by atoms with E-state index in [4.69, 9.17) is 9.47 Å². The predicted molar refractivity (Wildman–Crippen MR) is 181 cm³/mol. The van der Waals surface area contributed by atoms with Gasteiger partial charge in [0, 0.05) is 30.3 Å². The number of esters is 2. The van der Waals surface area contributed by atoms with Crippen molar-refractivity contribution in [3.63, 3.8) is 0 Å². The molecule has 0 radical (unpaired) electrons. The predicted octanol–water partition coefficient (Wildman–Crippen LogP) is 9.09. The van der Waals surface area contributed by atoms with Crippen LogP contribution in [0.25, 0.3) is 0 Å². The Balaban J connectivity index is 0. The average molecular weight is 595 g/mol. The zero-order valence-corrected chi connectivity index (χ0v) is 28.8. The molecule has 0 aromatic carbocycles. The maximum Gasteiger partial charge on any atom is 0.333 e. The molecule has 0 aliphatic rings. The van der Waals surface area contributed by atoms with Crippen LogP contribution in [0.4, 0.5) is 0 Å².